The van der Waals surface area contributed by atoms with Crippen molar-refractivity contribution in [2.24, 2.45) is 11.7 Å². The highest BCUT2D eigenvalue weighted by Crippen LogP contribution is 2.04. The number of hydrogen-bond acceptors (Lipinski definition) is 4. The minimum Gasteiger partial charge on any atom is -0.465 e. The summed E-state index contributed by atoms with van der Waals surface area (Å²) in [6, 6.07) is -0.565. The first-order chi connectivity index (χ1) is 7.02. The molecule has 0 spiro atoms. The standard InChI is InChI=1S/C10H20N2O3.ClH/c1-4-7(3)9(11)10(14)12-6-8(13)15-5-2;/h7,9H,4-6,11H2,1-3H3,(H,12,14);1H/t7-,9-;/m0./s1. The van der Waals surface area contributed by atoms with Gasteiger partial charge < -0.3 is 15.8 Å². The van der Waals surface area contributed by atoms with Gasteiger partial charge in [-0.2, -0.15) is 0 Å². The lowest BCUT2D eigenvalue weighted by Crippen LogP contribution is -2.46. The van der Waals surface area contributed by atoms with Gasteiger partial charge in [0.25, 0.3) is 0 Å². The molecule has 1 amide bonds. The van der Waals surface area contributed by atoms with Gasteiger partial charge in [0, 0.05) is 0 Å². The number of carbonyl (C=O) groups excluding carboxylic acids is 2. The van der Waals surface area contributed by atoms with Crippen LogP contribution in [0.3, 0.4) is 0 Å². The summed E-state index contributed by atoms with van der Waals surface area (Å²) in [5.74, 6) is -0.646. The minimum atomic E-state index is -0.565. The number of halogens is 1. The predicted octanol–water partition coefficient (Wildman–Crippen LogP) is 0.461. The normalized spacial score (nSPS) is 13.2. The van der Waals surface area contributed by atoms with Gasteiger partial charge in [-0.15, -0.1) is 12.4 Å². The van der Waals surface area contributed by atoms with Gasteiger partial charge >= 0.3 is 5.97 Å². The van der Waals surface area contributed by atoms with Crippen LogP contribution in [0.4, 0.5) is 0 Å². The molecular weight excluding hydrogens is 232 g/mol. The quantitative estimate of drug-likeness (QED) is 0.673. The fourth-order valence-corrected chi connectivity index (χ4v) is 1.00. The largest absolute Gasteiger partial charge is 0.465 e. The van der Waals surface area contributed by atoms with Gasteiger partial charge in [-0.05, 0) is 12.8 Å². The Morgan fingerprint density at radius 2 is 1.94 bits per heavy atom. The third kappa shape index (κ3) is 6.63. The molecule has 0 saturated carbocycles. The SMILES string of the molecule is CCOC(=O)CNC(=O)[C@@H](N)[C@@H](C)CC.Cl. The Balaban J connectivity index is 0. The highest BCUT2D eigenvalue weighted by molar-refractivity contribution is 5.85. The molecule has 16 heavy (non-hydrogen) atoms. The van der Waals surface area contributed by atoms with Crippen LogP contribution in [0, 0.1) is 5.92 Å². The van der Waals surface area contributed by atoms with Gasteiger partial charge in [-0.25, -0.2) is 0 Å². The first kappa shape index (κ1) is 17.6. The number of nitrogens with two attached hydrogens (primary N) is 1. The van der Waals surface area contributed by atoms with E-state index >= 15 is 0 Å². The third-order valence-corrected chi connectivity index (χ3v) is 2.27. The second-order valence-electron chi connectivity index (χ2n) is 3.43. The Morgan fingerprint density at radius 3 is 2.38 bits per heavy atom. The molecule has 6 heteroatoms. The molecule has 0 rings (SSSR count). The molecule has 3 N–H and O–H groups in total. The maximum atomic E-state index is 11.4. The minimum absolute atomic E-state index is 0. The van der Waals surface area contributed by atoms with Crippen LogP contribution < -0.4 is 11.1 Å². The van der Waals surface area contributed by atoms with E-state index in [0.717, 1.165) is 6.42 Å². The zero-order valence-corrected chi connectivity index (χ0v) is 10.8. The molecule has 0 aliphatic heterocycles. The maximum absolute atomic E-state index is 11.4. The molecule has 0 saturated heterocycles. The molecule has 5 nitrogen and oxygen atoms in total. The molecule has 2 atom stereocenters. The number of esters is 1. The molecule has 0 unspecified atom stereocenters. The zero-order chi connectivity index (χ0) is 11.8. The van der Waals surface area contributed by atoms with E-state index in [1.807, 2.05) is 13.8 Å². The van der Waals surface area contributed by atoms with Crippen molar-refractivity contribution >= 4 is 24.3 Å². The first-order valence-electron chi connectivity index (χ1n) is 5.21. The van der Waals surface area contributed by atoms with Gasteiger partial charge in [0.2, 0.25) is 5.91 Å². The van der Waals surface area contributed by atoms with Gasteiger partial charge in [-0.3, -0.25) is 9.59 Å². The van der Waals surface area contributed by atoms with E-state index in [2.05, 4.69) is 10.1 Å². The summed E-state index contributed by atoms with van der Waals surface area (Å²) in [5, 5.41) is 2.44. The summed E-state index contributed by atoms with van der Waals surface area (Å²) < 4.78 is 4.66. The monoisotopic (exact) mass is 252 g/mol. The molecule has 0 aromatic carbocycles. The van der Waals surface area contributed by atoms with Crippen molar-refractivity contribution in [2.75, 3.05) is 13.2 Å². The van der Waals surface area contributed by atoms with Crippen LogP contribution in [-0.2, 0) is 14.3 Å². The molecule has 0 fully saturated rings. The van der Waals surface area contributed by atoms with Crippen LogP contribution in [0.2, 0.25) is 0 Å². The number of nitrogens with one attached hydrogen (secondary N) is 1. The molecule has 0 heterocycles. The number of amides is 1. The maximum Gasteiger partial charge on any atom is 0.325 e. The zero-order valence-electron chi connectivity index (χ0n) is 9.99. The van der Waals surface area contributed by atoms with Crippen LogP contribution in [-0.4, -0.2) is 31.1 Å². The lowest BCUT2D eigenvalue weighted by Gasteiger charge is -2.17. The Bertz CT molecular complexity index is 224. The van der Waals surface area contributed by atoms with E-state index in [-0.39, 0.29) is 30.8 Å². The molecule has 0 aromatic heterocycles. The highest BCUT2D eigenvalue weighted by atomic mass is 35.5. The first-order valence-corrected chi connectivity index (χ1v) is 5.21. The Morgan fingerprint density at radius 1 is 1.38 bits per heavy atom. The van der Waals surface area contributed by atoms with Crippen molar-refractivity contribution in [3.05, 3.63) is 0 Å². The van der Waals surface area contributed by atoms with Crippen molar-refractivity contribution in [3.8, 4) is 0 Å². The molecular formula is C10H21ClN2O3. The fourth-order valence-electron chi connectivity index (χ4n) is 1.00. The van der Waals surface area contributed by atoms with E-state index in [1.165, 1.54) is 0 Å². The smallest absolute Gasteiger partial charge is 0.325 e. The van der Waals surface area contributed by atoms with Gasteiger partial charge in [0.05, 0.1) is 12.6 Å². The van der Waals surface area contributed by atoms with Crippen LogP contribution in [0.25, 0.3) is 0 Å². The molecule has 96 valence electrons. The molecule has 0 aliphatic rings. The molecule has 0 aromatic rings. The fraction of sp³-hybridized carbons (Fsp3) is 0.800. The van der Waals surface area contributed by atoms with Crippen molar-refractivity contribution in [1.82, 2.24) is 5.32 Å². The Kier molecular flexibility index (Phi) is 10.3. The van der Waals surface area contributed by atoms with Crippen molar-refractivity contribution in [3.63, 3.8) is 0 Å². The Labute approximate surface area is 103 Å². The number of hydrogen-bond donors (Lipinski definition) is 2. The van der Waals surface area contributed by atoms with E-state index < -0.39 is 12.0 Å². The van der Waals surface area contributed by atoms with Crippen LogP contribution in [0.15, 0.2) is 0 Å². The second-order valence-corrected chi connectivity index (χ2v) is 3.43. The topological polar surface area (TPSA) is 81.4 Å². The van der Waals surface area contributed by atoms with Gasteiger partial charge in [0.15, 0.2) is 0 Å². The highest BCUT2D eigenvalue weighted by Gasteiger charge is 2.19. The van der Waals surface area contributed by atoms with Gasteiger partial charge in [-0.1, -0.05) is 20.3 Å². The van der Waals surface area contributed by atoms with Crippen molar-refractivity contribution in [2.45, 2.75) is 33.2 Å². The van der Waals surface area contributed by atoms with Crippen LogP contribution >= 0.6 is 12.4 Å². The van der Waals surface area contributed by atoms with Gasteiger partial charge in [0.1, 0.15) is 6.54 Å². The van der Waals surface area contributed by atoms with E-state index in [4.69, 9.17) is 5.73 Å². The average Bonchev–Trinajstić information content (AvgIpc) is 2.24. The number of ether oxygens (including phenoxy) is 1. The van der Waals surface area contributed by atoms with Crippen LogP contribution in [0.5, 0.6) is 0 Å². The number of rotatable bonds is 6. The summed E-state index contributed by atoms with van der Waals surface area (Å²) in [6.45, 7) is 5.77. The van der Waals surface area contributed by atoms with Crippen molar-refractivity contribution < 1.29 is 14.3 Å². The van der Waals surface area contributed by atoms with E-state index in [0.29, 0.717) is 6.61 Å². The van der Waals surface area contributed by atoms with Crippen molar-refractivity contribution in [1.29, 1.82) is 0 Å². The summed E-state index contributed by atoms with van der Waals surface area (Å²) in [5.41, 5.74) is 5.67. The summed E-state index contributed by atoms with van der Waals surface area (Å²) in [7, 11) is 0. The molecule has 0 radical (unpaired) electrons. The average molecular weight is 253 g/mol. The lowest BCUT2D eigenvalue weighted by molar-refractivity contribution is -0.143. The van der Waals surface area contributed by atoms with Crippen LogP contribution in [0.1, 0.15) is 27.2 Å². The molecule has 0 aliphatic carbocycles. The number of carbonyl (C=O) groups is 2. The Hall–Kier alpha value is -0.810. The summed E-state index contributed by atoms with van der Waals surface area (Å²) >= 11 is 0. The second kappa shape index (κ2) is 9.42. The summed E-state index contributed by atoms with van der Waals surface area (Å²) in [6.07, 6.45) is 0.827. The molecule has 0 bridgehead atoms. The summed E-state index contributed by atoms with van der Waals surface area (Å²) in [4.78, 5) is 22.3. The lowest BCUT2D eigenvalue weighted by atomic mass is 9.99. The van der Waals surface area contributed by atoms with E-state index in [9.17, 15) is 9.59 Å². The third-order valence-electron chi connectivity index (χ3n) is 2.27. The van der Waals surface area contributed by atoms with E-state index in [1.54, 1.807) is 6.92 Å². The predicted molar refractivity (Wildman–Crippen MR) is 64.3 cm³/mol.